The maximum absolute atomic E-state index is 13.8. The number of nitrogens with two attached hydrogens (primary N) is 1. The molecule has 1 aliphatic rings. The molecule has 188 valence electrons. The summed E-state index contributed by atoms with van der Waals surface area (Å²) in [6.45, 7) is -0.507. The Morgan fingerprint density at radius 3 is 2.46 bits per heavy atom. The molecule has 3 rings (SSSR count). The van der Waals surface area contributed by atoms with Crippen molar-refractivity contribution in [3.05, 3.63) is 59.4 Å². The van der Waals surface area contributed by atoms with Crippen molar-refractivity contribution >= 4 is 42.1 Å². The highest BCUT2D eigenvalue weighted by atomic mass is 35.5. The van der Waals surface area contributed by atoms with Crippen LogP contribution in [0.3, 0.4) is 0 Å². The van der Waals surface area contributed by atoms with Crippen LogP contribution in [0.15, 0.2) is 41.5 Å². The van der Waals surface area contributed by atoms with Crippen LogP contribution in [0.5, 0.6) is 5.75 Å². The first-order valence-corrected chi connectivity index (χ1v) is 10.1. The van der Waals surface area contributed by atoms with Gasteiger partial charge < -0.3 is 20.9 Å². The molecule has 0 radical (unpaired) electrons. The highest BCUT2D eigenvalue weighted by Crippen LogP contribution is 2.20. The molecule has 0 bridgehead atoms. The molecule has 1 unspecified atom stereocenters. The third kappa shape index (κ3) is 7.42. The zero-order valence-electron chi connectivity index (χ0n) is 18.1. The first kappa shape index (κ1) is 27.6. The van der Waals surface area contributed by atoms with Crippen molar-refractivity contribution in [2.75, 3.05) is 11.9 Å². The summed E-state index contributed by atoms with van der Waals surface area (Å²) in [4.78, 5) is 35.9. The van der Waals surface area contributed by atoms with Crippen LogP contribution in [0, 0.1) is 17.5 Å². The van der Waals surface area contributed by atoms with Gasteiger partial charge in [-0.2, -0.15) is 5.10 Å². The van der Waals surface area contributed by atoms with Crippen LogP contribution in [0.25, 0.3) is 0 Å². The summed E-state index contributed by atoms with van der Waals surface area (Å²) in [5.74, 6) is -5.47. The van der Waals surface area contributed by atoms with Gasteiger partial charge in [-0.05, 0) is 42.3 Å². The number of nitrogens with one attached hydrogen (secondary N) is 1. The highest BCUT2D eigenvalue weighted by Gasteiger charge is 2.33. The number of carbonyl (C=O) groups excluding carboxylic acids is 2. The standard InChI is InChI=1S/C22H21F3N4O5.ClH/c23-16-10-18(25)17(24)8-12(16)7-13(26)9-20(30)29-19(5-6-27-29)22(33)28-14-1-3-15(4-2-14)34-11-21(31)32;/h1-4,6,8,10,13,19H,5,7,9,11,26H2,(H,28,33)(H,31,32);1H/t13-,19?;/m1./s1. The largest absolute Gasteiger partial charge is 0.482 e. The van der Waals surface area contributed by atoms with E-state index in [2.05, 4.69) is 10.4 Å². The number of rotatable bonds is 9. The lowest BCUT2D eigenvalue weighted by molar-refractivity contribution is -0.139. The Bertz CT molecular complexity index is 1120. The number of aliphatic carboxylic acids is 1. The van der Waals surface area contributed by atoms with Crippen molar-refractivity contribution in [1.82, 2.24) is 5.01 Å². The fourth-order valence-corrected chi connectivity index (χ4v) is 3.27. The number of carboxylic acids is 1. The lowest BCUT2D eigenvalue weighted by Gasteiger charge is -2.23. The number of amides is 2. The molecule has 2 aromatic carbocycles. The molecule has 4 N–H and O–H groups in total. The number of carboxylic acid groups (broad SMARTS) is 1. The Hall–Kier alpha value is -3.64. The zero-order valence-corrected chi connectivity index (χ0v) is 18.9. The third-order valence-corrected chi connectivity index (χ3v) is 4.88. The molecule has 1 aliphatic heterocycles. The summed E-state index contributed by atoms with van der Waals surface area (Å²) < 4.78 is 45.3. The van der Waals surface area contributed by atoms with Crippen molar-refractivity contribution in [2.24, 2.45) is 10.8 Å². The Kier molecular flexibility index (Phi) is 9.60. The van der Waals surface area contributed by atoms with Crippen LogP contribution in [0.4, 0.5) is 18.9 Å². The molecule has 2 atom stereocenters. The summed E-state index contributed by atoms with van der Waals surface area (Å²) >= 11 is 0. The fourth-order valence-electron chi connectivity index (χ4n) is 3.27. The third-order valence-electron chi connectivity index (χ3n) is 4.88. The maximum Gasteiger partial charge on any atom is 0.341 e. The van der Waals surface area contributed by atoms with Crippen molar-refractivity contribution in [1.29, 1.82) is 0 Å². The van der Waals surface area contributed by atoms with Gasteiger partial charge in [0.05, 0.1) is 0 Å². The average Bonchev–Trinajstić information content (AvgIpc) is 3.27. The summed E-state index contributed by atoms with van der Waals surface area (Å²) in [5.41, 5.74) is 6.12. The van der Waals surface area contributed by atoms with E-state index in [-0.39, 0.29) is 37.2 Å². The first-order valence-electron chi connectivity index (χ1n) is 10.1. The second kappa shape index (κ2) is 12.2. The Morgan fingerprint density at radius 1 is 1.14 bits per heavy atom. The summed E-state index contributed by atoms with van der Waals surface area (Å²) in [7, 11) is 0. The van der Waals surface area contributed by atoms with E-state index in [0.29, 0.717) is 23.6 Å². The van der Waals surface area contributed by atoms with Gasteiger partial charge in [-0.3, -0.25) is 9.59 Å². The second-order valence-electron chi connectivity index (χ2n) is 7.51. The molecule has 9 nitrogen and oxygen atoms in total. The van der Waals surface area contributed by atoms with Gasteiger partial charge in [0, 0.05) is 36.9 Å². The topological polar surface area (TPSA) is 134 Å². The molecule has 0 saturated carbocycles. The molecular weight excluding hydrogens is 493 g/mol. The first-order chi connectivity index (χ1) is 16.1. The highest BCUT2D eigenvalue weighted by molar-refractivity contribution is 5.99. The van der Waals surface area contributed by atoms with Gasteiger partial charge in [0.15, 0.2) is 18.2 Å². The van der Waals surface area contributed by atoms with Gasteiger partial charge in [-0.1, -0.05) is 0 Å². The Balaban J connectivity index is 0.00000432. The molecule has 0 aromatic heterocycles. The monoisotopic (exact) mass is 514 g/mol. The van der Waals surface area contributed by atoms with E-state index in [9.17, 15) is 27.6 Å². The van der Waals surface area contributed by atoms with Crippen molar-refractivity contribution in [3.63, 3.8) is 0 Å². The number of halogens is 4. The fraction of sp³-hybridized carbons (Fsp3) is 0.273. The van der Waals surface area contributed by atoms with Gasteiger partial charge >= 0.3 is 5.97 Å². The minimum absolute atomic E-state index is 0. The van der Waals surface area contributed by atoms with E-state index < -0.39 is 53.9 Å². The van der Waals surface area contributed by atoms with Crippen LogP contribution >= 0.6 is 12.4 Å². The second-order valence-corrected chi connectivity index (χ2v) is 7.51. The van der Waals surface area contributed by atoms with Crippen molar-refractivity contribution < 1.29 is 37.4 Å². The molecule has 0 aliphatic carbocycles. The number of carbonyl (C=O) groups is 3. The normalized spacial score (nSPS) is 15.3. The number of hydrogen-bond donors (Lipinski definition) is 3. The van der Waals surface area contributed by atoms with E-state index in [1.807, 2.05) is 0 Å². The molecule has 35 heavy (non-hydrogen) atoms. The SMILES string of the molecule is Cl.N[C@@H](CC(=O)N1N=CCC1C(=O)Nc1ccc(OCC(=O)O)cc1)Cc1cc(F)c(F)cc1F. The number of nitrogens with zero attached hydrogens (tertiary/aromatic N) is 2. The molecule has 0 fully saturated rings. The number of hydrazone groups is 1. The van der Waals surface area contributed by atoms with Crippen LogP contribution < -0.4 is 15.8 Å². The summed E-state index contributed by atoms with van der Waals surface area (Å²) in [6, 6.07) is 5.19. The summed E-state index contributed by atoms with van der Waals surface area (Å²) in [6.07, 6.45) is 1.02. The van der Waals surface area contributed by atoms with Gasteiger partial charge in [0.25, 0.3) is 0 Å². The quantitative estimate of drug-likeness (QED) is 0.440. The number of hydrogen-bond acceptors (Lipinski definition) is 6. The molecule has 1 heterocycles. The van der Waals surface area contributed by atoms with Gasteiger partial charge in [0.1, 0.15) is 17.6 Å². The molecule has 0 spiro atoms. The van der Waals surface area contributed by atoms with E-state index in [4.69, 9.17) is 15.6 Å². The van der Waals surface area contributed by atoms with Crippen molar-refractivity contribution in [3.8, 4) is 5.75 Å². The van der Waals surface area contributed by atoms with Crippen molar-refractivity contribution in [2.45, 2.75) is 31.3 Å². The van der Waals surface area contributed by atoms with E-state index >= 15 is 0 Å². The van der Waals surface area contributed by atoms with Crippen LogP contribution in [0.2, 0.25) is 0 Å². The van der Waals surface area contributed by atoms with Crippen LogP contribution in [-0.2, 0) is 20.8 Å². The minimum atomic E-state index is -1.33. The predicted octanol–water partition coefficient (Wildman–Crippen LogP) is 2.47. The predicted molar refractivity (Wildman–Crippen MR) is 122 cm³/mol. The molecule has 0 saturated heterocycles. The minimum Gasteiger partial charge on any atom is -0.482 e. The molecule has 13 heteroatoms. The summed E-state index contributed by atoms with van der Waals surface area (Å²) in [5, 5.41) is 16.1. The number of benzene rings is 2. The van der Waals surface area contributed by atoms with E-state index in [0.717, 1.165) is 5.01 Å². The van der Waals surface area contributed by atoms with Gasteiger partial charge in [-0.15, -0.1) is 12.4 Å². The van der Waals surface area contributed by atoms with E-state index in [1.165, 1.54) is 30.5 Å². The van der Waals surface area contributed by atoms with E-state index in [1.54, 1.807) is 0 Å². The maximum atomic E-state index is 13.8. The average molecular weight is 515 g/mol. The number of ether oxygens (including phenoxy) is 1. The van der Waals surface area contributed by atoms with Crippen LogP contribution in [0.1, 0.15) is 18.4 Å². The molecule has 2 amide bonds. The van der Waals surface area contributed by atoms with Gasteiger partial charge in [0.2, 0.25) is 11.8 Å². The Labute approximate surface area is 204 Å². The van der Waals surface area contributed by atoms with Crippen LogP contribution in [-0.4, -0.2) is 52.8 Å². The lowest BCUT2D eigenvalue weighted by Crippen LogP contribution is -2.43. The lowest BCUT2D eigenvalue weighted by atomic mass is 10.0. The Morgan fingerprint density at radius 2 is 1.80 bits per heavy atom. The zero-order chi connectivity index (χ0) is 24.8. The molecule has 2 aromatic rings. The van der Waals surface area contributed by atoms with Gasteiger partial charge in [-0.25, -0.2) is 23.0 Å². The molecular formula is C22H22ClF3N4O5. The smallest absolute Gasteiger partial charge is 0.341 e. The number of anilines is 1.